The summed E-state index contributed by atoms with van der Waals surface area (Å²) in [5.74, 6) is 0.694. The van der Waals surface area contributed by atoms with Crippen LogP contribution in [0.15, 0.2) is 48.5 Å². The molecule has 1 fully saturated rings. The van der Waals surface area contributed by atoms with Crippen molar-refractivity contribution in [2.45, 2.75) is 19.3 Å². The number of hydrogen-bond donors (Lipinski definition) is 1. The fourth-order valence-corrected chi connectivity index (χ4v) is 3.01. The Labute approximate surface area is 147 Å². The normalized spacial score (nSPS) is 13.8. The average molecular weight is 345 g/mol. The Morgan fingerprint density at radius 2 is 1.88 bits per heavy atom. The average Bonchev–Trinajstić information content (AvgIpc) is 3.10. The molecular formula is C19H21ClN2O2. The zero-order chi connectivity index (χ0) is 16.8. The summed E-state index contributed by atoms with van der Waals surface area (Å²) in [6.45, 7) is 2.37. The first-order valence-corrected chi connectivity index (χ1v) is 8.62. The molecule has 1 amide bonds. The van der Waals surface area contributed by atoms with Crippen molar-refractivity contribution >= 4 is 28.9 Å². The summed E-state index contributed by atoms with van der Waals surface area (Å²) < 4.78 is 5.57. The van der Waals surface area contributed by atoms with Crippen LogP contribution in [0.5, 0.6) is 5.75 Å². The van der Waals surface area contributed by atoms with Crippen molar-refractivity contribution in [3.8, 4) is 5.75 Å². The van der Waals surface area contributed by atoms with Crippen LogP contribution in [0.3, 0.4) is 0 Å². The second-order valence-electron chi connectivity index (χ2n) is 5.82. The highest BCUT2D eigenvalue weighted by molar-refractivity contribution is 6.31. The summed E-state index contributed by atoms with van der Waals surface area (Å²) in [7, 11) is 0. The molecule has 24 heavy (non-hydrogen) atoms. The van der Waals surface area contributed by atoms with Crippen LogP contribution in [0, 0.1) is 0 Å². The molecule has 1 aliphatic heterocycles. The lowest BCUT2D eigenvalue weighted by Gasteiger charge is -2.22. The largest absolute Gasteiger partial charge is 0.493 e. The molecule has 1 saturated heterocycles. The minimum atomic E-state index is -0.0753. The van der Waals surface area contributed by atoms with Gasteiger partial charge in [0.05, 0.1) is 24.4 Å². The lowest BCUT2D eigenvalue weighted by molar-refractivity contribution is -0.116. The van der Waals surface area contributed by atoms with Gasteiger partial charge < -0.3 is 15.0 Å². The molecule has 0 saturated carbocycles. The van der Waals surface area contributed by atoms with E-state index in [4.69, 9.17) is 16.3 Å². The lowest BCUT2D eigenvalue weighted by Crippen LogP contribution is -2.21. The van der Waals surface area contributed by atoms with Gasteiger partial charge in [-0.3, -0.25) is 4.79 Å². The van der Waals surface area contributed by atoms with Crippen LogP contribution < -0.4 is 15.0 Å². The van der Waals surface area contributed by atoms with Crippen molar-refractivity contribution < 1.29 is 9.53 Å². The van der Waals surface area contributed by atoms with E-state index in [0.717, 1.165) is 30.2 Å². The Kier molecular flexibility index (Phi) is 5.59. The van der Waals surface area contributed by atoms with Gasteiger partial charge in [0.15, 0.2) is 0 Å². The van der Waals surface area contributed by atoms with Crippen LogP contribution in [0.1, 0.15) is 19.3 Å². The zero-order valence-electron chi connectivity index (χ0n) is 13.5. The van der Waals surface area contributed by atoms with Crippen molar-refractivity contribution in [3.63, 3.8) is 0 Å². The number of carbonyl (C=O) groups excluding carboxylic acids is 1. The maximum atomic E-state index is 12.2. The fraction of sp³-hybridized carbons (Fsp3) is 0.316. The topological polar surface area (TPSA) is 41.6 Å². The third-order valence-corrected chi connectivity index (χ3v) is 4.26. The number of anilines is 2. The lowest BCUT2D eigenvalue weighted by atomic mass is 10.2. The number of hydrogen-bond acceptors (Lipinski definition) is 3. The van der Waals surface area contributed by atoms with Crippen LogP contribution in [0.4, 0.5) is 11.4 Å². The first kappa shape index (κ1) is 16.7. The van der Waals surface area contributed by atoms with E-state index in [-0.39, 0.29) is 5.91 Å². The van der Waals surface area contributed by atoms with Crippen LogP contribution in [-0.2, 0) is 4.79 Å². The highest BCUT2D eigenvalue weighted by Gasteiger charge is 2.17. The van der Waals surface area contributed by atoms with Crippen molar-refractivity contribution in [2.24, 2.45) is 0 Å². The minimum absolute atomic E-state index is 0.0753. The Balaban J connectivity index is 1.58. The molecule has 0 bridgehead atoms. The summed E-state index contributed by atoms with van der Waals surface area (Å²) in [4.78, 5) is 14.5. The van der Waals surface area contributed by atoms with E-state index in [1.807, 2.05) is 48.5 Å². The van der Waals surface area contributed by atoms with E-state index in [1.54, 1.807) is 0 Å². The Hall–Kier alpha value is -2.20. The molecule has 1 heterocycles. The molecule has 0 radical (unpaired) electrons. The molecular weight excluding hydrogens is 324 g/mol. The van der Waals surface area contributed by atoms with E-state index >= 15 is 0 Å². The number of nitrogens with zero attached hydrogens (tertiary/aromatic N) is 1. The molecule has 0 spiro atoms. The first-order valence-electron chi connectivity index (χ1n) is 8.24. The summed E-state index contributed by atoms with van der Waals surface area (Å²) in [5, 5.41) is 3.59. The van der Waals surface area contributed by atoms with E-state index in [2.05, 4.69) is 10.2 Å². The number of para-hydroxylation sites is 1. The monoisotopic (exact) mass is 344 g/mol. The maximum absolute atomic E-state index is 12.2. The van der Waals surface area contributed by atoms with E-state index in [1.165, 1.54) is 12.8 Å². The van der Waals surface area contributed by atoms with Gasteiger partial charge >= 0.3 is 0 Å². The summed E-state index contributed by atoms with van der Waals surface area (Å²) in [5.41, 5.74) is 1.81. The number of carbonyl (C=O) groups is 1. The molecule has 126 valence electrons. The predicted octanol–water partition coefficient (Wildman–Crippen LogP) is 4.35. The van der Waals surface area contributed by atoms with E-state index in [9.17, 15) is 4.79 Å². The van der Waals surface area contributed by atoms with Crippen molar-refractivity contribution in [2.75, 3.05) is 29.9 Å². The Bertz CT molecular complexity index is 685. The van der Waals surface area contributed by atoms with Gasteiger partial charge in [-0.05, 0) is 43.2 Å². The summed E-state index contributed by atoms with van der Waals surface area (Å²) in [6, 6.07) is 15.1. The van der Waals surface area contributed by atoms with Gasteiger partial charge in [-0.15, -0.1) is 0 Å². The van der Waals surface area contributed by atoms with Gasteiger partial charge in [0.25, 0.3) is 0 Å². The number of halogens is 1. The maximum Gasteiger partial charge on any atom is 0.227 e. The second-order valence-corrected chi connectivity index (χ2v) is 6.25. The van der Waals surface area contributed by atoms with Gasteiger partial charge in [-0.2, -0.15) is 0 Å². The van der Waals surface area contributed by atoms with Crippen LogP contribution in [-0.4, -0.2) is 25.6 Å². The van der Waals surface area contributed by atoms with Crippen LogP contribution in [0.25, 0.3) is 0 Å². The second kappa shape index (κ2) is 8.06. The summed E-state index contributed by atoms with van der Waals surface area (Å²) >= 11 is 6.10. The number of benzene rings is 2. The molecule has 2 aromatic rings. The standard InChI is InChI=1S/C19H21ClN2O2/c20-15-8-9-18(22-11-4-5-12-22)17(14-15)21-19(23)10-13-24-16-6-2-1-3-7-16/h1-3,6-9,14H,4-5,10-13H2,(H,21,23). The molecule has 0 atom stereocenters. The molecule has 3 rings (SSSR count). The SMILES string of the molecule is O=C(CCOc1ccccc1)Nc1cc(Cl)ccc1N1CCCC1. The highest BCUT2D eigenvalue weighted by atomic mass is 35.5. The number of nitrogens with one attached hydrogen (secondary N) is 1. The smallest absolute Gasteiger partial charge is 0.227 e. The quantitative estimate of drug-likeness (QED) is 0.847. The number of ether oxygens (including phenoxy) is 1. The van der Waals surface area contributed by atoms with Gasteiger partial charge in [-0.25, -0.2) is 0 Å². The number of amides is 1. The van der Waals surface area contributed by atoms with Crippen molar-refractivity contribution in [3.05, 3.63) is 53.6 Å². The Morgan fingerprint density at radius 1 is 1.12 bits per heavy atom. The first-order chi connectivity index (χ1) is 11.7. The molecule has 1 aliphatic rings. The van der Waals surface area contributed by atoms with Crippen LogP contribution >= 0.6 is 11.6 Å². The van der Waals surface area contributed by atoms with E-state index < -0.39 is 0 Å². The Morgan fingerprint density at radius 3 is 2.62 bits per heavy atom. The number of rotatable bonds is 6. The van der Waals surface area contributed by atoms with Gasteiger partial charge in [0.1, 0.15) is 5.75 Å². The predicted molar refractivity (Wildman–Crippen MR) is 98.1 cm³/mol. The van der Waals surface area contributed by atoms with Gasteiger partial charge in [0.2, 0.25) is 5.91 Å². The van der Waals surface area contributed by atoms with Crippen molar-refractivity contribution in [1.29, 1.82) is 0 Å². The molecule has 4 nitrogen and oxygen atoms in total. The van der Waals surface area contributed by atoms with E-state index in [0.29, 0.717) is 18.1 Å². The van der Waals surface area contributed by atoms with Gasteiger partial charge in [-0.1, -0.05) is 29.8 Å². The van der Waals surface area contributed by atoms with Crippen LogP contribution in [0.2, 0.25) is 5.02 Å². The fourth-order valence-electron chi connectivity index (χ4n) is 2.83. The molecule has 5 heteroatoms. The van der Waals surface area contributed by atoms with Crippen molar-refractivity contribution in [1.82, 2.24) is 0 Å². The van der Waals surface area contributed by atoms with Gasteiger partial charge in [0, 0.05) is 18.1 Å². The highest BCUT2D eigenvalue weighted by Crippen LogP contribution is 2.31. The molecule has 0 aliphatic carbocycles. The zero-order valence-corrected chi connectivity index (χ0v) is 14.3. The molecule has 2 aromatic carbocycles. The third-order valence-electron chi connectivity index (χ3n) is 4.02. The minimum Gasteiger partial charge on any atom is -0.493 e. The molecule has 1 N–H and O–H groups in total. The summed E-state index contributed by atoms with van der Waals surface area (Å²) in [6.07, 6.45) is 2.66. The molecule has 0 aromatic heterocycles. The molecule has 0 unspecified atom stereocenters. The third kappa shape index (κ3) is 4.42.